The first kappa shape index (κ1) is 25.2. The molecule has 5 nitrogen and oxygen atoms in total. The standard InChI is InChI=1S/C25H37N3O2S/c1-16(2)12-22-20(14-30-24(29)28-25(4,5)6)23(21(15-31-7)17(3)27-22)19-10-8-18(13-26)9-11-19/h8-11,16H,12-15,26H2,1-7H3,(H,28,29). The highest BCUT2D eigenvalue weighted by molar-refractivity contribution is 7.97. The van der Waals surface area contributed by atoms with E-state index in [0.29, 0.717) is 12.5 Å². The molecule has 6 heteroatoms. The second-order valence-electron chi connectivity index (χ2n) is 9.36. The molecule has 0 aliphatic carbocycles. The second-order valence-corrected chi connectivity index (χ2v) is 10.2. The third-order valence-electron chi connectivity index (χ3n) is 4.88. The summed E-state index contributed by atoms with van der Waals surface area (Å²) in [5.41, 5.74) is 13.0. The largest absolute Gasteiger partial charge is 0.445 e. The highest BCUT2D eigenvalue weighted by Gasteiger charge is 2.22. The van der Waals surface area contributed by atoms with Crippen LogP contribution in [-0.2, 0) is 30.1 Å². The van der Waals surface area contributed by atoms with Crippen molar-refractivity contribution >= 4 is 17.9 Å². The van der Waals surface area contributed by atoms with Crippen molar-refractivity contribution in [3.05, 3.63) is 52.3 Å². The van der Waals surface area contributed by atoms with Crippen LogP contribution < -0.4 is 11.1 Å². The number of benzene rings is 1. The van der Waals surface area contributed by atoms with Gasteiger partial charge in [0.1, 0.15) is 6.61 Å². The molecule has 0 spiro atoms. The maximum atomic E-state index is 12.4. The van der Waals surface area contributed by atoms with Crippen molar-refractivity contribution in [2.24, 2.45) is 11.7 Å². The Morgan fingerprint density at radius 3 is 2.35 bits per heavy atom. The predicted molar refractivity (Wildman–Crippen MR) is 131 cm³/mol. The van der Waals surface area contributed by atoms with Crippen molar-refractivity contribution < 1.29 is 9.53 Å². The number of hydrogen-bond acceptors (Lipinski definition) is 5. The van der Waals surface area contributed by atoms with E-state index in [4.69, 9.17) is 15.5 Å². The Hall–Kier alpha value is -2.05. The van der Waals surface area contributed by atoms with Crippen LogP contribution in [0.1, 0.15) is 62.7 Å². The summed E-state index contributed by atoms with van der Waals surface area (Å²) in [5, 5.41) is 2.88. The van der Waals surface area contributed by atoms with E-state index in [1.807, 2.05) is 20.8 Å². The number of nitrogens with one attached hydrogen (secondary N) is 1. The number of pyridine rings is 1. The average Bonchev–Trinajstić information content (AvgIpc) is 2.67. The Labute approximate surface area is 191 Å². The minimum atomic E-state index is -0.417. The maximum absolute atomic E-state index is 12.4. The molecule has 0 saturated heterocycles. The summed E-state index contributed by atoms with van der Waals surface area (Å²) < 4.78 is 5.69. The lowest BCUT2D eigenvalue weighted by Crippen LogP contribution is -2.40. The number of hydrogen-bond donors (Lipinski definition) is 2. The summed E-state index contributed by atoms with van der Waals surface area (Å²) in [6.45, 7) is 12.9. The molecule has 0 bridgehead atoms. The third-order valence-corrected chi connectivity index (χ3v) is 5.46. The normalized spacial score (nSPS) is 11.6. The Morgan fingerprint density at radius 2 is 1.84 bits per heavy atom. The molecule has 0 unspecified atom stereocenters. The predicted octanol–water partition coefficient (Wildman–Crippen LogP) is 5.60. The first-order valence-electron chi connectivity index (χ1n) is 10.8. The van der Waals surface area contributed by atoms with Crippen LogP contribution in [0.4, 0.5) is 4.79 Å². The van der Waals surface area contributed by atoms with E-state index in [9.17, 15) is 4.79 Å². The summed E-state index contributed by atoms with van der Waals surface area (Å²) >= 11 is 1.77. The molecule has 170 valence electrons. The number of amides is 1. The molecule has 0 saturated carbocycles. The molecule has 0 fully saturated rings. The molecule has 0 atom stereocenters. The molecule has 1 amide bonds. The number of carbonyl (C=O) groups is 1. The molecule has 0 radical (unpaired) electrons. The van der Waals surface area contributed by atoms with Gasteiger partial charge >= 0.3 is 6.09 Å². The SMILES string of the molecule is CSCc1c(C)nc(CC(C)C)c(COC(=O)NC(C)(C)C)c1-c1ccc(CN)cc1. The van der Waals surface area contributed by atoms with E-state index in [2.05, 4.69) is 56.6 Å². The van der Waals surface area contributed by atoms with Gasteiger partial charge in [-0.05, 0) is 68.5 Å². The van der Waals surface area contributed by atoms with Gasteiger partial charge < -0.3 is 15.8 Å². The lowest BCUT2D eigenvalue weighted by Gasteiger charge is -2.23. The number of alkyl carbamates (subject to hydrolysis) is 1. The van der Waals surface area contributed by atoms with Gasteiger partial charge in [-0.2, -0.15) is 11.8 Å². The van der Waals surface area contributed by atoms with Gasteiger partial charge in [0.15, 0.2) is 0 Å². The highest BCUT2D eigenvalue weighted by Crippen LogP contribution is 2.35. The minimum Gasteiger partial charge on any atom is -0.445 e. The summed E-state index contributed by atoms with van der Waals surface area (Å²) in [7, 11) is 0. The number of aryl methyl sites for hydroxylation is 1. The van der Waals surface area contributed by atoms with Gasteiger partial charge in [0.25, 0.3) is 0 Å². The third kappa shape index (κ3) is 7.25. The fourth-order valence-corrected chi connectivity index (χ4v) is 4.15. The molecule has 1 heterocycles. The van der Waals surface area contributed by atoms with Crippen LogP contribution in [0.15, 0.2) is 24.3 Å². The van der Waals surface area contributed by atoms with Gasteiger partial charge in [0.05, 0.1) is 0 Å². The number of rotatable bonds is 8. The van der Waals surface area contributed by atoms with Crippen molar-refractivity contribution in [3.63, 3.8) is 0 Å². The number of aromatic nitrogens is 1. The molecule has 1 aromatic carbocycles. The molecule has 2 aromatic rings. The lowest BCUT2D eigenvalue weighted by molar-refractivity contribution is 0.131. The quantitative estimate of drug-likeness (QED) is 0.555. The van der Waals surface area contributed by atoms with Crippen molar-refractivity contribution in [1.29, 1.82) is 0 Å². The summed E-state index contributed by atoms with van der Waals surface area (Å²) in [4.78, 5) is 17.4. The molecule has 0 aliphatic heterocycles. The van der Waals surface area contributed by atoms with Crippen LogP contribution in [0.25, 0.3) is 11.1 Å². The Kier molecular flexibility index (Phi) is 8.95. The van der Waals surface area contributed by atoms with Crippen LogP contribution in [0, 0.1) is 12.8 Å². The Balaban J connectivity index is 2.60. The molecular weight excluding hydrogens is 406 g/mol. The molecule has 0 aliphatic rings. The first-order chi connectivity index (χ1) is 14.6. The van der Waals surface area contributed by atoms with Gasteiger partial charge in [-0.1, -0.05) is 38.1 Å². The average molecular weight is 444 g/mol. The number of nitrogens with two attached hydrogens (primary N) is 1. The number of nitrogens with zero attached hydrogens (tertiary/aromatic N) is 1. The van der Waals surface area contributed by atoms with Gasteiger partial charge in [-0.15, -0.1) is 0 Å². The Bertz CT molecular complexity index is 887. The molecule has 3 N–H and O–H groups in total. The fourth-order valence-electron chi connectivity index (χ4n) is 3.51. The molecular formula is C25H37N3O2S. The molecule has 2 rings (SSSR count). The van der Waals surface area contributed by atoms with E-state index in [-0.39, 0.29) is 12.1 Å². The van der Waals surface area contributed by atoms with Crippen molar-refractivity contribution in [1.82, 2.24) is 10.3 Å². The highest BCUT2D eigenvalue weighted by atomic mass is 32.2. The van der Waals surface area contributed by atoms with E-state index in [1.54, 1.807) is 11.8 Å². The zero-order valence-electron chi connectivity index (χ0n) is 20.0. The molecule has 1 aromatic heterocycles. The van der Waals surface area contributed by atoms with E-state index >= 15 is 0 Å². The number of carbonyl (C=O) groups excluding carboxylic acids is 1. The zero-order valence-corrected chi connectivity index (χ0v) is 20.8. The summed E-state index contributed by atoms with van der Waals surface area (Å²) in [6.07, 6.45) is 2.50. The first-order valence-corrected chi connectivity index (χ1v) is 12.2. The smallest absolute Gasteiger partial charge is 0.407 e. The Morgan fingerprint density at radius 1 is 1.19 bits per heavy atom. The maximum Gasteiger partial charge on any atom is 0.407 e. The van der Waals surface area contributed by atoms with Gasteiger partial charge in [-0.25, -0.2) is 4.79 Å². The lowest BCUT2D eigenvalue weighted by atomic mass is 9.90. The topological polar surface area (TPSA) is 77.2 Å². The van der Waals surface area contributed by atoms with Crippen molar-refractivity contribution in [2.75, 3.05) is 6.26 Å². The second kappa shape index (κ2) is 11.0. The van der Waals surface area contributed by atoms with Crippen LogP contribution >= 0.6 is 11.8 Å². The van der Waals surface area contributed by atoms with Crippen molar-refractivity contribution in [3.8, 4) is 11.1 Å². The van der Waals surface area contributed by atoms with Crippen LogP contribution in [-0.4, -0.2) is 22.9 Å². The fraction of sp³-hybridized carbons (Fsp3) is 0.520. The van der Waals surface area contributed by atoms with Gasteiger partial charge in [0, 0.05) is 34.8 Å². The number of ether oxygens (including phenoxy) is 1. The van der Waals surface area contributed by atoms with Gasteiger partial charge in [-0.3, -0.25) is 4.98 Å². The van der Waals surface area contributed by atoms with E-state index in [0.717, 1.165) is 45.8 Å². The number of thioether (sulfide) groups is 1. The van der Waals surface area contributed by atoms with Crippen molar-refractivity contribution in [2.45, 2.75) is 72.4 Å². The van der Waals surface area contributed by atoms with E-state index in [1.165, 1.54) is 5.56 Å². The summed E-state index contributed by atoms with van der Waals surface area (Å²) in [6, 6.07) is 8.34. The van der Waals surface area contributed by atoms with Gasteiger partial charge in [0.2, 0.25) is 0 Å². The van der Waals surface area contributed by atoms with Crippen LogP contribution in [0.5, 0.6) is 0 Å². The zero-order chi connectivity index (χ0) is 23.2. The van der Waals surface area contributed by atoms with E-state index < -0.39 is 6.09 Å². The minimum absolute atomic E-state index is 0.187. The molecule has 31 heavy (non-hydrogen) atoms. The van der Waals surface area contributed by atoms with Crippen LogP contribution in [0.2, 0.25) is 0 Å². The summed E-state index contributed by atoms with van der Waals surface area (Å²) in [5.74, 6) is 1.28. The monoisotopic (exact) mass is 443 g/mol. The van der Waals surface area contributed by atoms with Crippen LogP contribution in [0.3, 0.4) is 0 Å².